The Balaban J connectivity index is 1.28. The maximum absolute atomic E-state index is 14.4. The molecule has 5 aliphatic rings. The maximum Gasteiger partial charge on any atom is 0.152 e. The smallest absolute Gasteiger partial charge is 0.152 e. The van der Waals surface area contributed by atoms with E-state index >= 15 is 0 Å². The summed E-state index contributed by atoms with van der Waals surface area (Å²) < 4.78 is 7.08. The lowest BCUT2D eigenvalue weighted by molar-refractivity contribution is -0.148. The Morgan fingerprint density at radius 3 is 1.98 bits per heavy atom. The van der Waals surface area contributed by atoms with Gasteiger partial charge in [-0.05, 0) is 69.3 Å². The van der Waals surface area contributed by atoms with Crippen LogP contribution in [0, 0.1) is 11.8 Å². The second-order valence-electron chi connectivity index (χ2n) is 14.3. The summed E-state index contributed by atoms with van der Waals surface area (Å²) in [5.74, 6) is 1.45. The van der Waals surface area contributed by atoms with Gasteiger partial charge in [-0.25, -0.2) is 0 Å². The monoisotopic (exact) mass is 548 g/mol. The van der Waals surface area contributed by atoms with Crippen LogP contribution in [0.25, 0.3) is 0 Å². The van der Waals surface area contributed by atoms with E-state index in [9.17, 15) is 4.79 Å². The predicted octanol–water partition coefficient (Wildman–Crippen LogP) is 8.50. The number of carbonyl (C=O) groups excluding carboxylic acids is 1. The largest absolute Gasteiger partial charge is 0.371 e. The average molecular weight is 549 g/mol. The Labute approximate surface area is 244 Å². The molecule has 4 heteroatoms. The SMILES string of the molecule is CC1CCC(C2CCCCCCCCC2)([C@H]2CC(=O)C3C(C2)NC(c2ccccc2)N3C2CCCCCCC2)O1. The quantitative estimate of drug-likeness (QED) is 0.410. The molecule has 2 heterocycles. The van der Waals surface area contributed by atoms with Gasteiger partial charge in [-0.3, -0.25) is 15.0 Å². The zero-order valence-corrected chi connectivity index (χ0v) is 25.3. The highest BCUT2D eigenvalue weighted by Crippen LogP contribution is 2.52. The van der Waals surface area contributed by atoms with Gasteiger partial charge in [-0.2, -0.15) is 0 Å². The number of rotatable bonds is 4. The molecule has 1 N–H and O–H groups in total. The van der Waals surface area contributed by atoms with E-state index in [4.69, 9.17) is 4.74 Å². The number of Topliss-reactive ketones (excluding diaryl/α,β-unsaturated/α-hetero) is 1. The number of nitrogens with one attached hydrogen (secondary N) is 1. The predicted molar refractivity (Wildman–Crippen MR) is 163 cm³/mol. The molecule has 40 heavy (non-hydrogen) atoms. The third-order valence-corrected chi connectivity index (χ3v) is 11.6. The van der Waals surface area contributed by atoms with E-state index in [0.29, 0.717) is 29.8 Å². The molecule has 3 aliphatic carbocycles. The minimum atomic E-state index is -0.100. The number of ether oxygens (including phenoxy) is 1. The second kappa shape index (κ2) is 13.4. The van der Waals surface area contributed by atoms with Crippen molar-refractivity contribution in [3.63, 3.8) is 0 Å². The van der Waals surface area contributed by atoms with Gasteiger partial charge in [0, 0.05) is 18.5 Å². The van der Waals surface area contributed by atoms with Crippen LogP contribution in [0.5, 0.6) is 0 Å². The fourth-order valence-electron chi connectivity index (χ4n) is 9.69. The van der Waals surface area contributed by atoms with Crippen LogP contribution in [-0.4, -0.2) is 40.5 Å². The standard InChI is InChI=1S/C36H56N2O2/c1-27-23-24-36(40-27,29-19-13-6-3-2-4-7-14-20-29)30-25-32-34(33(39)26-30)38(31-21-15-8-5-9-16-22-31)35(37-32)28-17-11-10-12-18-28/h10-12,17-18,27,29-32,34-35,37H,2-9,13-16,19-26H2,1H3/t27?,30-,32?,34?,35?,36?/m1/s1. The molecule has 3 saturated carbocycles. The Kier molecular flexibility index (Phi) is 9.66. The molecule has 0 bridgehead atoms. The van der Waals surface area contributed by atoms with Crippen LogP contribution in [0.1, 0.15) is 147 Å². The molecule has 0 aromatic heterocycles. The van der Waals surface area contributed by atoms with Crippen LogP contribution in [0.4, 0.5) is 0 Å². The van der Waals surface area contributed by atoms with Crippen LogP contribution in [-0.2, 0) is 9.53 Å². The summed E-state index contributed by atoms with van der Waals surface area (Å²) in [4.78, 5) is 17.1. The summed E-state index contributed by atoms with van der Waals surface area (Å²) in [5.41, 5.74) is 1.23. The van der Waals surface area contributed by atoms with Gasteiger partial charge in [0.1, 0.15) is 0 Å². The van der Waals surface area contributed by atoms with E-state index in [2.05, 4.69) is 47.5 Å². The number of nitrogens with zero attached hydrogens (tertiary/aromatic N) is 1. The van der Waals surface area contributed by atoms with Crippen molar-refractivity contribution in [2.24, 2.45) is 11.8 Å². The summed E-state index contributed by atoms with van der Waals surface area (Å²) in [6.07, 6.45) is 25.9. The molecule has 6 rings (SSSR count). The van der Waals surface area contributed by atoms with Crippen molar-refractivity contribution in [1.82, 2.24) is 10.2 Å². The number of carbonyl (C=O) groups is 1. The second-order valence-corrected chi connectivity index (χ2v) is 14.3. The van der Waals surface area contributed by atoms with Gasteiger partial charge in [0.15, 0.2) is 5.78 Å². The number of hydrogen-bond acceptors (Lipinski definition) is 4. The molecular weight excluding hydrogens is 492 g/mol. The minimum Gasteiger partial charge on any atom is -0.371 e. The highest BCUT2D eigenvalue weighted by Gasteiger charge is 2.57. The fraction of sp³-hybridized carbons (Fsp3) is 0.806. The van der Waals surface area contributed by atoms with Crippen LogP contribution in [0.2, 0.25) is 0 Å². The highest BCUT2D eigenvalue weighted by molar-refractivity contribution is 5.86. The van der Waals surface area contributed by atoms with Crippen molar-refractivity contribution in [2.45, 2.75) is 171 Å². The lowest BCUT2D eigenvalue weighted by Crippen LogP contribution is -2.56. The third kappa shape index (κ3) is 6.11. The molecule has 0 amide bonds. The topological polar surface area (TPSA) is 41.6 Å². The van der Waals surface area contributed by atoms with Gasteiger partial charge in [0.25, 0.3) is 0 Å². The molecule has 0 spiro atoms. The van der Waals surface area contributed by atoms with E-state index in [1.54, 1.807) is 0 Å². The maximum atomic E-state index is 14.4. The summed E-state index contributed by atoms with van der Waals surface area (Å²) in [6, 6.07) is 11.8. The normalized spacial score (nSPS) is 38.0. The lowest BCUT2D eigenvalue weighted by atomic mass is 9.64. The first-order valence-electron chi connectivity index (χ1n) is 17.4. The van der Waals surface area contributed by atoms with E-state index in [1.807, 2.05) is 0 Å². The zero-order valence-electron chi connectivity index (χ0n) is 25.3. The van der Waals surface area contributed by atoms with Crippen molar-refractivity contribution >= 4 is 5.78 Å². The Morgan fingerprint density at radius 2 is 1.38 bits per heavy atom. The first kappa shape index (κ1) is 28.9. The van der Waals surface area contributed by atoms with Crippen LogP contribution < -0.4 is 5.32 Å². The summed E-state index contributed by atoms with van der Waals surface area (Å²) in [6.45, 7) is 2.28. The number of fused-ring (bicyclic) bond motifs is 1. The van der Waals surface area contributed by atoms with Crippen molar-refractivity contribution in [2.75, 3.05) is 0 Å². The molecule has 222 valence electrons. The molecule has 6 atom stereocenters. The molecular formula is C36H56N2O2. The summed E-state index contributed by atoms with van der Waals surface area (Å²) in [7, 11) is 0. The molecule has 5 fully saturated rings. The van der Waals surface area contributed by atoms with E-state index in [1.165, 1.54) is 108 Å². The Morgan fingerprint density at radius 1 is 0.775 bits per heavy atom. The van der Waals surface area contributed by atoms with Gasteiger partial charge in [0.2, 0.25) is 0 Å². The van der Waals surface area contributed by atoms with E-state index in [-0.39, 0.29) is 23.9 Å². The van der Waals surface area contributed by atoms with Crippen LogP contribution >= 0.6 is 0 Å². The molecule has 1 aromatic carbocycles. The van der Waals surface area contributed by atoms with Gasteiger partial charge in [-0.15, -0.1) is 0 Å². The highest BCUT2D eigenvalue weighted by atomic mass is 16.5. The first-order chi connectivity index (χ1) is 19.7. The van der Waals surface area contributed by atoms with Crippen molar-refractivity contribution < 1.29 is 9.53 Å². The van der Waals surface area contributed by atoms with Crippen molar-refractivity contribution in [3.05, 3.63) is 35.9 Å². The van der Waals surface area contributed by atoms with Gasteiger partial charge in [0.05, 0.1) is 23.9 Å². The first-order valence-corrected chi connectivity index (χ1v) is 17.4. The lowest BCUT2D eigenvalue weighted by Gasteiger charge is -2.48. The van der Waals surface area contributed by atoms with Crippen molar-refractivity contribution in [3.8, 4) is 0 Å². The molecule has 2 aliphatic heterocycles. The Bertz CT molecular complexity index is 933. The van der Waals surface area contributed by atoms with Crippen LogP contribution in [0.3, 0.4) is 0 Å². The third-order valence-electron chi connectivity index (χ3n) is 11.6. The summed E-state index contributed by atoms with van der Waals surface area (Å²) in [5, 5.41) is 4.10. The van der Waals surface area contributed by atoms with Crippen molar-refractivity contribution in [1.29, 1.82) is 0 Å². The van der Waals surface area contributed by atoms with Gasteiger partial charge >= 0.3 is 0 Å². The van der Waals surface area contributed by atoms with Gasteiger partial charge < -0.3 is 4.74 Å². The van der Waals surface area contributed by atoms with E-state index < -0.39 is 0 Å². The van der Waals surface area contributed by atoms with Crippen LogP contribution in [0.15, 0.2) is 30.3 Å². The number of ketones is 1. The molecule has 0 radical (unpaired) electrons. The molecule has 4 nitrogen and oxygen atoms in total. The van der Waals surface area contributed by atoms with E-state index in [0.717, 1.165) is 25.7 Å². The molecule has 1 aromatic rings. The molecule has 2 saturated heterocycles. The van der Waals surface area contributed by atoms with Gasteiger partial charge in [-0.1, -0.05) is 107 Å². The number of hydrogen-bond donors (Lipinski definition) is 1. The molecule has 5 unspecified atom stereocenters. The Hall–Kier alpha value is -1.23. The average Bonchev–Trinajstić information content (AvgIpc) is 3.54. The summed E-state index contributed by atoms with van der Waals surface area (Å²) >= 11 is 0. The number of benzene rings is 1. The minimum absolute atomic E-state index is 0.0193. The zero-order chi connectivity index (χ0) is 27.4. The fourth-order valence-corrected chi connectivity index (χ4v) is 9.69.